The molecular weight excluding hydrogens is 178 g/mol. The van der Waals surface area contributed by atoms with Crippen LogP contribution >= 0.6 is 0 Å². The van der Waals surface area contributed by atoms with E-state index >= 15 is 0 Å². The first-order valence-electron chi connectivity index (χ1n) is 4.92. The van der Waals surface area contributed by atoms with Gasteiger partial charge in [0.05, 0.1) is 28.6 Å². The molecule has 0 saturated heterocycles. The van der Waals surface area contributed by atoms with Gasteiger partial charge in [0, 0.05) is 6.92 Å². The number of nitrogen functional groups attached to an aromatic ring is 1. The number of hydrogen-bond donors (Lipinski definition) is 1. The van der Waals surface area contributed by atoms with Crippen molar-refractivity contribution >= 4 is 5.69 Å². The molecule has 13 heavy (non-hydrogen) atoms. The smallest absolute Gasteiger partial charge is 0.275 e. The highest BCUT2D eigenvalue weighted by Gasteiger charge is 2.29. The zero-order valence-electron chi connectivity index (χ0n) is 9.84. The maximum absolute atomic E-state index is 13.1. The third kappa shape index (κ3) is 2.05. The fourth-order valence-electron chi connectivity index (χ4n) is 0.864. The first-order chi connectivity index (χ1) is 7.09. The Hall–Kier alpha value is -1.39. The lowest BCUT2D eigenvalue weighted by Gasteiger charge is -2.13. The standard InChI is InChI=1S/C8H10F2N2O/c1-8(9,10)6-3-5(11)4-12-7(6)13-2/h3-4H,11H2,1-2H3/i2D3. The topological polar surface area (TPSA) is 48.1 Å². The minimum absolute atomic E-state index is 0.00872. The van der Waals surface area contributed by atoms with Crippen molar-refractivity contribution in [3.8, 4) is 5.88 Å². The second-order valence-electron chi connectivity index (χ2n) is 2.61. The second-order valence-corrected chi connectivity index (χ2v) is 2.61. The number of pyridine rings is 1. The second kappa shape index (κ2) is 3.16. The van der Waals surface area contributed by atoms with Gasteiger partial charge in [-0.25, -0.2) is 13.8 Å². The average molecular weight is 191 g/mol. The summed E-state index contributed by atoms with van der Waals surface area (Å²) < 4.78 is 51.0. The molecule has 0 saturated carbocycles. The number of ether oxygens (including phenoxy) is 1. The molecule has 0 amide bonds. The first kappa shape index (κ1) is 6.12. The summed E-state index contributed by atoms with van der Waals surface area (Å²) in [6, 6.07) is 0.939. The molecule has 72 valence electrons. The molecule has 1 aromatic rings. The normalized spacial score (nSPS) is 15.8. The maximum atomic E-state index is 13.1. The number of anilines is 1. The van der Waals surface area contributed by atoms with E-state index in [1.165, 1.54) is 0 Å². The van der Waals surface area contributed by atoms with Crippen LogP contribution in [0.15, 0.2) is 12.3 Å². The predicted molar refractivity (Wildman–Crippen MR) is 44.8 cm³/mol. The van der Waals surface area contributed by atoms with Gasteiger partial charge in [0.2, 0.25) is 5.88 Å². The van der Waals surface area contributed by atoms with Gasteiger partial charge in [-0.3, -0.25) is 0 Å². The van der Waals surface area contributed by atoms with Crippen LogP contribution in [0.3, 0.4) is 0 Å². The molecule has 0 atom stereocenters. The van der Waals surface area contributed by atoms with E-state index in [0.717, 1.165) is 12.3 Å². The molecule has 0 aliphatic heterocycles. The molecule has 2 N–H and O–H groups in total. The van der Waals surface area contributed by atoms with Crippen LogP contribution in [0.5, 0.6) is 5.88 Å². The molecule has 1 rings (SSSR count). The molecule has 3 nitrogen and oxygen atoms in total. The van der Waals surface area contributed by atoms with Crippen LogP contribution in [0.4, 0.5) is 14.5 Å². The lowest BCUT2D eigenvalue weighted by atomic mass is 10.1. The number of rotatable bonds is 2. The fourth-order valence-corrected chi connectivity index (χ4v) is 0.864. The monoisotopic (exact) mass is 191 g/mol. The summed E-state index contributed by atoms with van der Waals surface area (Å²) in [7, 11) is -2.83. The molecule has 0 aliphatic rings. The van der Waals surface area contributed by atoms with E-state index in [-0.39, 0.29) is 5.69 Å². The van der Waals surface area contributed by atoms with Gasteiger partial charge >= 0.3 is 0 Å². The van der Waals surface area contributed by atoms with Crippen molar-refractivity contribution in [3.63, 3.8) is 0 Å². The summed E-state index contributed by atoms with van der Waals surface area (Å²) in [5, 5.41) is 0. The molecule has 5 heteroatoms. The molecular formula is C8H10F2N2O. The zero-order chi connectivity index (χ0) is 12.6. The van der Waals surface area contributed by atoms with Crippen LogP contribution in [0.2, 0.25) is 0 Å². The quantitative estimate of drug-likeness (QED) is 0.775. The van der Waals surface area contributed by atoms with Crippen molar-refractivity contribution in [1.29, 1.82) is 0 Å². The number of nitrogens with two attached hydrogens (primary N) is 1. The minimum atomic E-state index is -3.27. The zero-order valence-corrected chi connectivity index (χ0v) is 6.84. The molecule has 0 radical (unpaired) electrons. The van der Waals surface area contributed by atoms with Crippen molar-refractivity contribution in [2.75, 3.05) is 12.8 Å². The van der Waals surface area contributed by atoms with E-state index in [0.29, 0.717) is 6.92 Å². The minimum Gasteiger partial charge on any atom is -0.481 e. The number of alkyl halides is 2. The van der Waals surface area contributed by atoms with E-state index in [9.17, 15) is 8.78 Å². The Kier molecular flexibility index (Phi) is 1.49. The van der Waals surface area contributed by atoms with Gasteiger partial charge in [-0.15, -0.1) is 0 Å². The average Bonchev–Trinajstić information content (AvgIpc) is 2.04. The third-order valence-electron chi connectivity index (χ3n) is 1.44. The summed E-state index contributed by atoms with van der Waals surface area (Å²) in [4.78, 5) is 3.44. The largest absolute Gasteiger partial charge is 0.481 e. The van der Waals surface area contributed by atoms with Crippen LogP contribution in [0.1, 0.15) is 16.6 Å². The van der Waals surface area contributed by atoms with E-state index in [1.807, 2.05) is 0 Å². The van der Waals surface area contributed by atoms with Crippen LogP contribution < -0.4 is 10.5 Å². The lowest BCUT2D eigenvalue weighted by Crippen LogP contribution is -2.10. The van der Waals surface area contributed by atoms with E-state index in [2.05, 4.69) is 9.72 Å². The summed E-state index contributed by atoms with van der Waals surface area (Å²) in [5.41, 5.74) is 4.66. The fraction of sp³-hybridized carbons (Fsp3) is 0.375. The van der Waals surface area contributed by atoms with Gasteiger partial charge in [-0.1, -0.05) is 0 Å². The predicted octanol–water partition coefficient (Wildman–Crippen LogP) is 1.78. The van der Waals surface area contributed by atoms with Gasteiger partial charge < -0.3 is 10.5 Å². The van der Waals surface area contributed by atoms with Crippen molar-refractivity contribution in [1.82, 2.24) is 4.98 Å². The Morgan fingerprint density at radius 1 is 1.69 bits per heavy atom. The molecule has 1 aromatic heterocycles. The summed E-state index contributed by atoms with van der Waals surface area (Å²) in [5.74, 6) is -3.91. The van der Waals surface area contributed by atoms with E-state index in [1.54, 1.807) is 0 Å². The molecule has 0 aliphatic carbocycles. The number of hydrogen-bond acceptors (Lipinski definition) is 3. The van der Waals surface area contributed by atoms with Gasteiger partial charge in [0.25, 0.3) is 5.92 Å². The molecule has 0 aromatic carbocycles. The highest BCUT2D eigenvalue weighted by Crippen LogP contribution is 2.33. The Labute approximate surface area is 78.7 Å². The SMILES string of the molecule is [2H]C([2H])([2H])Oc1ncc(N)cc1C(C)(F)F. The highest BCUT2D eigenvalue weighted by atomic mass is 19.3. The number of nitrogens with zero attached hydrogens (tertiary/aromatic N) is 1. The van der Waals surface area contributed by atoms with Gasteiger partial charge in [-0.2, -0.15) is 0 Å². The Morgan fingerprint density at radius 2 is 2.38 bits per heavy atom. The maximum Gasteiger partial charge on any atom is 0.275 e. The van der Waals surface area contributed by atoms with Crippen molar-refractivity contribution in [2.24, 2.45) is 0 Å². The Bertz CT molecular complexity index is 390. The van der Waals surface area contributed by atoms with Crippen molar-refractivity contribution in [2.45, 2.75) is 12.8 Å². The van der Waals surface area contributed by atoms with Gasteiger partial charge in [0.1, 0.15) is 0 Å². The highest BCUT2D eigenvalue weighted by molar-refractivity contribution is 5.44. The van der Waals surface area contributed by atoms with Crippen LogP contribution in [0.25, 0.3) is 0 Å². The molecule has 0 fully saturated rings. The summed E-state index contributed by atoms with van der Waals surface area (Å²) in [6.07, 6.45) is 1.05. The van der Waals surface area contributed by atoms with Gasteiger partial charge in [0.15, 0.2) is 0 Å². The molecule has 0 bridgehead atoms. The Morgan fingerprint density at radius 3 is 2.92 bits per heavy atom. The lowest BCUT2D eigenvalue weighted by molar-refractivity contribution is 0.0145. The third-order valence-corrected chi connectivity index (χ3v) is 1.44. The Balaban J connectivity index is 3.19. The van der Waals surface area contributed by atoms with E-state index in [4.69, 9.17) is 9.85 Å². The number of methoxy groups -OCH3 is 1. The van der Waals surface area contributed by atoms with Crippen LogP contribution in [-0.2, 0) is 5.92 Å². The van der Waals surface area contributed by atoms with Crippen LogP contribution in [-0.4, -0.2) is 12.0 Å². The molecule has 0 spiro atoms. The number of aromatic nitrogens is 1. The summed E-state index contributed by atoms with van der Waals surface area (Å²) >= 11 is 0. The summed E-state index contributed by atoms with van der Waals surface area (Å²) in [6.45, 7) is 0.607. The molecule has 1 heterocycles. The molecule has 0 unspecified atom stereocenters. The number of halogens is 2. The van der Waals surface area contributed by atoms with E-state index < -0.39 is 24.4 Å². The van der Waals surface area contributed by atoms with Gasteiger partial charge in [-0.05, 0) is 6.07 Å². The van der Waals surface area contributed by atoms with Crippen molar-refractivity contribution in [3.05, 3.63) is 17.8 Å². The van der Waals surface area contributed by atoms with Crippen molar-refractivity contribution < 1.29 is 17.6 Å². The first-order valence-corrected chi connectivity index (χ1v) is 3.42. The van der Waals surface area contributed by atoms with Crippen LogP contribution in [0, 0.1) is 0 Å².